The summed E-state index contributed by atoms with van der Waals surface area (Å²) in [5.74, 6) is 0.605. The van der Waals surface area contributed by atoms with Crippen molar-refractivity contribution in [2.75, 3.05) is 6.54 Å². The summed E-state index contributed by atoms with van der Waals surface area (Å²) in [4.78, 5) is 4.56. The van der Waals surface area contributed by atoms with Gasteiger partial charge in [0, 0.05) is 6.54 Å². The van der Waals surface area contributed by atoms with E-state index in [1.807, 2.05) is 0 Å². The zero-order chi connectivity index (χ0) is 11.8. The van der Waals surface area contributed by atoms with E-state index in [1.54, 1.807) is 0 Å². The second kappa shape index (κ2) is 7.09. The van der Waals surface area contributed by atoms with E-state index in [-0.39, 0.29) is 5.96 Å². The van der Waals surface area contributed by atoms with Crippen molar-refractivity contribution in [3.05, 3.63) is 0 Å². The minimum absolute atomic E-state index is 0.0549. The molecular formula is C11H23N5. The summed E-state index contributed by atoms with van der Waals surface area (Å²) in [5.41, 5.74) is 5.32. The maximum absolute atomic E-state index is 7.23. The van der Waals surface area contributed by atoms with Crippen molar-refractivity contribution in [1.82, 2.24) is 10.6 Å². The van der Waals surface area contributed by atoms with Crippen molar-refractivity contribution in [3.8, 4) is 0 Å². The van der Waals surface area contributed by atoms with Gasteiger partial charge in [-0.25, -0.2) is 4.99 Å². The Kier molecular flexibility index (Phi) is 5.67. The Balaban J connectivity index is 2.44. The molecule has 0 amide bonds. The molecule has 1 aliphatic carbocycles. The monoisotopic (exact) mass is 225 g/mol. The van der Waals surface area contributed by atoms with E-state index in [0.717, 1.165) is 32.2 Å². The first-order valence-electron chi connectivity index (χ1n) is 6.15. The summed E-state index contributed by atoms with van der Waals surface area (Å²) >= 11 is 0. The highest BCUT2D eigenvalue weighted by Gasteiger charge is 2.14. The van der Waals surface area contributed by atoms with Crippen LogP contribution in [0.2, 0.25) is 0 Å². The van der Waals surface area contributed by atoms with Gasteiger partial charge in [-0.05, 0) is 19.3 Å². The predicted molar refractivity (Wildman–Crippen MR) is 67.7 cm³/mol. The average Bonchev–Trinajstić information content (AvgIpc) is 2.69. The third-order valence-electron chi connectivity index (χ3n) is 2.71. The van der Waals surface area contributed by atoms with Crippen LogP contribution in [0.25, 0.3) is 0 Å². The van der Waals surface area contributed by atoms with Crippen LogP contribution in [-0.4, -0.2) is 24.5 Å². The topological polar surface area (TPSA) is 86.3 Å². The Labute approximate surface area is 97.4 Å². The number of hydrogen-bond acceptors (Lipinski definition) is 2. The fraction of sp³-hybridized carbons (Fsp3) is 0.818. The van der Waals surface area contributed by atoms with Crippen LogP contribution in [0, 0.1) is 5.41 Å². The lowest BCUT2D eigenvalue weighted by Gasteiger charge is -2.13. The van der Waals surface area contributed by atoms with Gasteiger partial charge in [-0.1, -0.05) is 26.2 Å². The van der Waals surface area contributed by atoms with Gasteiger partial charge < -0.3 is 11.1 Å². The van der Waals surface area contributed by atoms with E-state index in [9.17, 15) is 0 Å². The molecule has 5 N–H and O–H groups in total. The van der Waals surface area contributed by atoms with E-state index in [4.69, 9.17) is 11.1 Å². The first-order valence-corrected chi connectivity index (χ1v) is 6.15. The zero-order valence-corrected chi connectivity index (χ0v) is 10.1. The molecule has 1 saturated carbocycles. The van der Waals surface area contributed by atoms with Gasteiger partial charge in [0.1, 0.15) is 0 Å². The van der Waals surface area contributed by atoms with Crippen molar-refractivity contribution in [3.63, 3.8) is 0 Å². The molecule has 0 spiro atoms. The van der Waals surface area contributed by atoms with E-state index < -0.39 is 0 Å². The number of nitrogens with two attached hydrogens (primary N) is 1. The highest BCUT2D eigenvalue weighted by molar-refractivity contribution is 5.96. The Hall–Kier alpha value is -1.26. The number of guanidine groups is 2. The van der Waals surface area contributed by atoms with Gasteiger partial charge >= 0.3 is 0 Å². The lowest BCUT2D eigenvalue weighted by molar-refractivity contribution is 0.684. The van der Waals surface area contributed by atoms with Crippen LogP contribution in [0.15, 0.2) is 4.99 Å². The first-order chi connectivity index (χ1) is 7.72. The van der Waals surface area contributed by atoms with Gasteiger partial charge in [0.2, 0.25) is 0 Å². The molecule has 0 unspecified atom stereocenters. The summed E-state index contributed by atoms with van der Waals surface area (Å²) < 4.78 is 0. The van der Waals surface area contributed by atoms with Crippen molar-refractivity contribution in [2.24, 2.45) is 10.7 Å². The largest absolute Gasteiger partial charge is 0.370 e. The number of rotatable bonds is 4. The number of hydrogen-bond donors (Lipinski definition) is 4. The number of unbranched alkanes of at least 4 members (excludes halogenated alkanes) is 1. The Bertz CT molecular complexity index is 243. The lowest BCUT2D eigenvalue weighted by Crippen LogP contribution is -2.45. The minimum atomic E-state index is -0.0549. The molecule has 0 aromatic rings. The highest BCUT2D eigenvalue weighted by atomic mass is 15.2. The normalized spacial score (nSPS) is 17.4. The van der Waals surface area contributed by atoms with Gasteiger partial charge in [-0.2, -0.15) is 0 Å². The Morgan fingerprint density at radius 2 is 2.12 bits per heavy atom. The van der Waals surface area contributed by atoms with E-state index in [1.165, 1.54) is 12.8 Å². The maximum Gasteiger partial charge on any atom is 0.198 e. The quantitative estimate of drug-likeness (QED) is 0.329. The molecule has 0 heterocycles. The van der Waals surface area contributed by atoms with Gasteiger partial charge in [-0.15, -0.1) is 0 Å². The molecule has 0 saturated heterocycles. The highest BCUT2D eigenvalue weighted by Crippen LogP contribution is 2.20. The summed E-state index contributed by atoms with van der Waals surface area (Å²) in [5, 5.41) is 13.2. The van der Waals surface area contributed by atoms with Gasteiger partial charge in [0.15, 0.2) is 11.9 Å². The second-order valence-corrected chi connectivity index (χ2v) is 4.23. The van der Waals surface area contributed by atoms with Crippen LogP contribution >= 0.6 is 0 Å². The smallest absolute Gasteiger partial charge is 0.198 e. The van der Waals surface area contributed by atoms with E-state index in [2.05, 4.69) is 22.5 Å². The van der Waals surface area contributed by atoms with Crippen molar-refractivity contribution in [1.29, 1.82) is 5.41 Å². The fourth-order valence-electron chi connectivity index (χ4n) is 1.85. The van der Waals surface area contributed by atoms with Gasteiger partial charge in [0.25, 0.3) is 0 Å². The summed E-state index contributed by atoms with van der Waals surface area (Å²) in [6, 6.07) is 0.399. The molecule has 0 bridgehead atoms. The Morgan fingerprint density at radius 3 is 2.69 bits per heavy atom. The molecule has 16 heavy (non-hydrogen) atoms. The molecule has 92 valence electrons. The van der Waals surface area contributed by atoms with Crippen LogP contribution in [0.5, 0.6) is 0 Å². The van der Waals surface area contributed by atoms with Crippen LogP contribution in [0.4, 0.5) is 0 Å². The van der Waals surface area contributed by atoms with Gasteiger partial charge in [0.05, 0.1) is 6.04 Å². The summed E-state index contributed by atoms with van der Waals surface area (Å²) in [6.45, 7) is 3.02. The lowest BCUT2D eigenvalue weighted by atomic mass is 10.3. The molecule has 0 aromatic heterocycles. The van der Waals surface area contributed by atoms with Crippen molar-refractivity contribution < 1.29 is 0 Å². The fourth-order valence-corrected chi connectivity index (χ4v) is 1.85. The van der Waals surface area contributed by atoms with E-state index >= 15 is 0 Å². The number of nitrogens with one attached hydrogen (secondary N) is 3. The molecule has 1 aliphatic rings. The molecule has 5 heteroatoms. The van der Waals surface area contributed by atoms with Crippen LogP contribution < -0.4 is 16.4 Å². The number of aliphatic imine (C=N–C) groups is 1. The molecule has 0 radical (unpaired) electrons. The van der Waals surface area contributed by atoms with Crippen LogP contribution in [-0.2, 0) is 0 Å². The molecule has 0 aliphatic heterocycles. The van der Waals surface area contributed by atoms with Crippen molar-refractivity contribution in [2.45, 2.75) is 51.5 Å². The summed E-state index contributed by atoms with van der Waals surface area (Å²) in [7, 11) is 0. The molecule has 1 fully saturated rings. The Morgan fingerprint density at radius 1 is 1.44 bits per heavy atom. The first kappa shape index (κ1) is 12.8. The average molecular weight is 225 g/mol. The molecule has 0 atom stereocenters. The van der Waals surface area contributed by atoms with Crippen LogP contribution in [0.3, 0.4) is 0 Å². The minimum Gasteiger partial charge on any atom is -0.370 e. The molecule has 1 rings (SSSR count). The summed E-state index contributed by atoms with van der Waals surface area (Å²) in [6.07, 6.45) is 7.07. The predicted octanol–water partition coefficient (Wildman–Crippen LogP) is 1.16. The molecular weight excluding hydrogens is 202 g/mol. The molecule has 5 nitrogen and oxygen atoms in total. The van der Waals surface area contributed by atoms with E-state index in [0.29, 0.717) is 12.0 Å². The number of nitrogens with zero attached hydrogens (tertiary/aromatic N) is 1. The van der Waals surface area contributed by atoms with Crippen molar-refractivity contribution >= 4 is 11.9 Å². The maximum atomic E-state index is 7.23. The third-order valence-corrected chi connectivity index (χ3v) is 2.71. The third kappa shape index (κ3) is 5.00. The molecule has 0 aromatic carbocycles. The second-order valence-electron chi connectivity index (χ2n) is 4.23. The standard InChI is InChI=1S/C11H23N5/c1-2-3-8-14-11(16-10(12)13)15-9-6-4-5-7-9/h9H,2-8H2,1H3,(H5,12,13,14,15,16). The van der Waals surface area contributed by atoms with Crippen LogP contribution in [0.1, 0.15) is 45.4 Å². The zero-order valence-electron chi connectivity index (χ0n) is 10.1. The SMILES string of the molecule is CCCCN/C(=N\C1CCCC1)NC(=N)N. The van der Waals surface area contributed by atoms with Gasteiger partial charge in [-0.3, -0.25) is 10.7 Å².